The average molecular weight is 1220 g/mol. The average Bonchev–Trinajstić information content (AvgIpc) is 3.52. The lowest BCUT2D eigenvalue weighted by atomic mass is 9.89. The first kappa shape index (κ1) is 73.4. The summed E-state index contributed by atoms with van der Waals surface area (Å²) in [5, 5.41) is 15.6. The zero-order valence-electron chi connectivity index (χ0n) is 50.8. The molecule has 1 aliphatic rings. The normalized spacial score (nSPS) is 16.0. The second kappa shape index (κ2) is 36.9. The number of carbonyl (C=O) groups excluding carboxylic acids is 6. The third-order valence-corrected chi connectivity index (χ3v) is 15.2. The zero-order chi connectivity index (χ0) is 63.6. The number of nitrogens with zero attached hydrogens (tertiary/aromatic N) is 3. The molecule has 1 aliphatic heterocycles. The van der Waals surface area contributed by atoms with Crippen LogP contribution in [0.5, 0.6) is 5.75 Å². The Labute approximate surface area is 495 Å². The van der Waals surface area contributed by atoms with Crippen molar-refractivity contribution < 1.29 is 98.5 Å². The molecule has 0 aliphatic carbocycles. The van der Waals surface area contributed by atoms with E-state index in [1.807, 2.05) is 44.2 Å². The molecule has 0 aromatic heterocycles. The maximum Gasteiger partial charge on any atom is 0.326 e. The van der Waals surface area contributed by atoms with E-state index >= 15 is 0 Å². The highest BCUT2D eigenvalue weighted by Gasteiger charge is 2.44. The van der Waals surface area contributed by atoms with Gasteiger partial charge in [-0.1, -0.05) is 71.4 Å². The van der Waals surface area contributed by atoms with Crippen LogP contribution in [0, 0.1) is 46.8 Å². The van der Waals surface area contributed by atoms with Crippen molar-refractivity contribution >= 4 is 41.5 Å². The lowest BCUT2D eigenvalue weighted by Gasteiger charge is -2.41. The van der Waals surface area contributed by atoms with E-state index in [1.54, 1.807) is 46.6 Å². The Bertz CT molecular complexity index is 2440. The molecule has 0 unspecified atom stereocenters. The smallest absolute Gasteiger partial charge is 0.326 e. The second-order valence-corrected chi connectivity index (χ2v) is 21.7. The monoisotopic (exact) mass is 1220 g/mol. The number of aryl methyl sites for hydroxylation is 1. The minimum absolute atomic E-state index is 0.0161. The number of amides is 5. The molecule has 1 saturated heterocycles. The predicted molar refractivity (Wildman–Crippen MR) is 299 cm³/mol. The summed E-state index contributed by atoms with van der Waals surface area (Å²) in [5.41, 5.74) is -0.460. The molecule has 0 bridgehead atoms. The van der Waals surface area contributed by atoms with Gasteiger partial charge in [-0.3, -0.25) is 28.8 Å². The Hall–Kier alpha value is -5.90. The number of methoxy groups -OCH3 is 2. The van der Waals surface area contributed by atoms with Crippen LogP contribution in [0.25, 0.3) is 0 Å². The first-order chi connectivity index (χ1) is 40.3. The Morgan fingerprint density at radius 3 is 1.74 bits per heavy atom. The fourth-order valence-corrected chi connectivity index (χ4v) is 9.64. The number of nitrogens with one attached hydrogen (secondary N) is 2. The number of carboxylic acids is 1. The number of carbonyl (C=O) groups is 7. The van der Waals surface area contributed by atoms with Crippen molar-refractivity contribution in [2.24, 2.45) is 17.8 Å². The van der Waals surface area contributed by atoms with Crippen LogP contribution < -0.4 is 15.4 Å². The van der Waals surface area contributed by atoms with Crippen molar-refractivity contribution in [2.45, 2.75) is 142 Å². The summed E-state index contributed by atoms with van der Waals surface area (Å²) >= 11 is 0. The third kappa shape index (κ3) is 22.1. The number of likely N-dealkylation sites (N-methyl/N-ethyl adjacent to an activating group) is 2. The maximum absolute atomic E-state index is 14.6. The molecule has 3 rings (SSSR count). The minimum atomic E-state index is -2.38. The molecule has 2 aromatic carbocycles. The quantitative estimate of drug-likeness (QED) is 0.0182. The number of rotatable bonds is 40. The molecular formula is C59H88F5N5O16. The van der Waals surface area contributed by atoms with Gasteiger partial charge in [0.05, 0.1) is 116 Å². The van der Waals surface area contributed by atoms with Crippen LogP contribution in [0.3, 0.4) is 0 Å². The van der Waals surface area contributed by atoms with Gasteiger partial charge in [0, 0.05) is 34.9 Å². The van der Waals surface area contributed by atoms with Crippen LogP contribution in [-0.4, -0.2) is 204 Å². The number of aliphatic carboxylic acids is 1. The summed E-state index contributed by atoms with van der Waals surface area (Å²) in [7, 11) is 6.05. The van der Waals surface area contributed by atoms with Gasteiger partial charge in [-0.2, -0.15) is 8.78 Å². The van der Waals surface area contributed by atoms with Gasteiger partial charge in [-0.25, -0.2) is 18.0 Å². The fraction of sp³-hybridized carbons (Fsp3) is 0.678. The summed E-state index contributed by atoms with van der Waals surface area (Å²) < 4.78 is 110. The van der Waals surface area contributed by atoms with E-state index in [-0.39, 0.29) is 103 Å². The molecule has 21 nitrogen and oxygen atoms in total. The molecule has 480 valence electrons. The van der Waals surface area contributed by atoms with Gasteiger partial charge in [0.25, 0.3) is 0 Å². The summed E-state index contributed by atoms with van der Waals surface area (Å²) in [5.74, 6) is -19.0. The summed E-state index contributed by atoms with van der Waals surface area (Å²) in [4.78, 5) is 98.5. The van der Waals surface area contributed by atoms with E-state index in [0.29, 0.717) is 32.2 Å². The van der Waals surface area contributed by atoms with Crippen LogP contribution in [0.2, 0.25) is 0 Å². The van der Waals surface area contributed by atoms with E-state index in [1.165, 1.54) is 31.1 Å². The minimum Gasteiger partial charge on any atom is -0.480 e. The molecule has 3 N–H and O–H groups in total. The van der Waals surface area contributed by atoms with Gasteiger partial charge in [0.15, 0.2) is 0 Å². The fourth-order valence-electron chi connectivity index (χ4n) is 9.64. The summed E-state index contributed by atoms with van der Waals surface area (Å²) in [6.45, 7) is 13.8. The largest absolute Gasteiger partial charge is 0.480 e. The highest BCUT2D eigenvalue weighted by atomic mass is 19.2. The number of halogens is 5. The molecule has 0 radical (unpaired) electrons. The Morgan fingerprint density at radius 2 is 1.25 bits per heavy atom. The number of likely N-dealkylation sites (tertiary alicyclic amines) is 1. The first-order valence-corrected chi connectivity index (χ1v) is 28.6. The molecule has 8 atom stereocenters. The van der Waals surface area contributed by atoms with E-state index in [9.17, 15) is 60.6 Å². The maximum atomic E-state index is 14.6. The van der Waals surface area contributed by atoms with E-state index in [2.05, 4.69) is 15.4 Å². The van der Waals surface area contributed by atoms with Crippen LogP contribution in [0.1, 0.15) is 99.0 Å². The molecule has 26 heteroatoms. The number of hydrogen-bond acceptors (Lipinski definition) is 15. The molecule has 0 saturated carbocycles. The Kier molecular flexibility index (Phi) is 31.9. The van der Waals surface area contributed by atoms with Crippen LogP contribution in [-0.2, 0) is 73.1 Å². The third-order valence-electron chi connectivity index (χ3n) is 15.2. The van der Waals surface area contributed by atoms with Gasteiger partial charge in [-0.15, -0.1) is 0 Å². The highest BCUT2D eigenvalue weighted by Crippen LogP contribution is 2.32. The van der Waals surface area contributed by atoms with Crippen molar-refractivity contribution in [2.75, 3.05) is 101 Å². The number of ether oxygens (including phenoxy) is 8. The number of hydrogen-bond donors (Lipinski definition) is 3. The number of benzene rings is 2. The van der Waals surface area contributed by atoms with Crippen molar-refractivity contribution in [1.29, 1.82) is 0 Å². The second-order valence-electron chi connectivity index (χ2n) is 21.7. The lowest BCUT2D eigenvalue weighted by molar-refractivity contribution is -0.150. The Balaban J connectivity index is 1.42. The molecule has 1 fully saturated rings. The molecule has 5 amide bonds. The van der Waals surface area contributed by atoms with Crippen LogP contribution in [0.15, 0.2) is 30.3 Å². The molecule has 2 aromatic rings. The van der Waals surface area contributed by atoms with Gasteiger partial charge >= 0.3 is 11.9 Å². The summed E-state index contributed by atoms with van der Waals surface area (Å²) in [6.07, 6.45) is 0.190. The lowest BCUT2D eigenvalue weighted by Crippen LogP contribution is -2.62. The van der Waals surface area contributed by atoms with Crippen molar-refractivity contribution in [3.63, 3.8) is 0 Å². The SMILES string of the molecule is CC[C@H](C)[C@@H]([C@@H](CC(=O)N1CCC[C@H]1[C@H](OC)[C@@H](C)C(=O)N[C@@H](CCc1ccccc1)C(=O)O)OC)N(C)C(=O)[C@@H](NC(=O)C(C)(C)N(C)C(=O)CCOCCOCCOCCOCCOCCC(=O)Oc1c(F)c(F)c(F)c(F)c1F)C(C)C. The highest BCUT2D eigenvalue weighted by molar-refractivity contribution is 5.94. The zero-order valence-corrected chi connectivity index (χ0v) is 50.8. The van der Waals surface area contributed by atoms with E-state index in [0.717, 1.165) is 5.56 Å². The van der Waals surface area contributed by atoms with Crippen molar-refractivity contribution in [3.8, 4) is 5.75 Å². The topological polar surface area (TPSA) is 247 Å². The van der Waals surface area contributed by atoms with Crippen molar-refractivity contribution in [3.05, 3.63) is 65.0 Å². The number of carboxylic acid groups (broad SMARTS) is 1. The van der Waals surface area contributed by atoms with Crippen LogP contribution >= 0.6 is 0 Å². The number of esters is 1. The van der Waals surface area contributed by atoms with Crippen molar-refractivity contribution in [1.82, 2.24) is 25.3 Å². The van der Waals surface area contributed by atoms with E-state index < -0.39 is 125 Å². The van der Waals surface area contributed by atoms with Gasteiger partial charge in [0.2, 0.25) is 64.4 Å². The first-order valence-electron chi connectivity index (χ1n) is 28.6. The molecule has 85 heavy (non-hydrogen) atoms. The Morgan fingerprint density at radius 1 is 0.729 bits per heavy atom. The molecule has 0 spiro atoms. The summed E-state index contributed by atoms with van der Waals surface area (Å²) in [6, 6.07) is 6.09. The van der Waals surface area contributed by atoms with Crippen LogP contribution in [0.4, 0.5) is 22.0 Å². The van der Waals surface area contributed by atoms with Gasteiger partial charge in [0.1, 0.15) is 17.6 Å². The predicted octanol–water partition coefficient (Wildman–Crippen LogP) is 5.65. The van der Waals surface area contributed by atoms with E-state index in [4.69, 9.17) is 33.2 Å². The van der Waals surface area contributed by atoms with Gasteiger partial charge in [-0.05, 0) is 56.9 Å². The van der Waals surface area contributed by atoms with Gasteiger partial charge < -0.3 is 68.3 Å². The molecule has 1 heterocycles. The standard InChI is InChI=1S/C59H88F5N5O16/c1-12-37(4)52(42(78-10)35-44(71)69-24-16-19-41(69)53(79-11)38(5)55(73)65-40(57(75)76)21-20-39-17-14-13-15-18-39)67(8)56(74)51(36(2)3)66-58(77)59(6,7)68(9)43(70)22-25-80-27-29-82-31-33-84-34-32-83-30-28-81-26-23-45(72)85-54-49(63)47(61)46(60)48(62)50(54)64/h13-15,17-18,36-38,40-42,51-53H,12,16,19-35H2,1-11H3,(H,65,73)(H,66,77)(H,75,76)/t37-,38+,40-,41-,42+,51-,52-,53+/m0/s1. The molecular weight excluding hydrogens is 1130 g/mol.